The molecule has 0 saturated carbocycles. The van der Waals surface area contributed by atoms with Crippen LogP contribution in [0.25, 0.3) is 11.3 Å². The van der Waals surface area contributed by atoms with Crippen molar-refractivity contribution in [2.45, 2.75) is 6.92 Å². The molecule has 0 spiro atoms. The van der Waals surface area contributed by atoms with Gasteiger partial charge in [-0.2, -0.15) is 0 Å². The van der Waals surface area contributed by atoms with Gasteiger partial charge >= 0.3 is 0 Å². The Labute approximate surface area is 84.4 Å². The lowest BCUT2D eigenvalue weighted by Gasteiger charge is -2.00. The summed E-state index contributed by atoms with van der Waals surface area (Å²) >= 11 is 0. The van der Waals surface area contributed by atoms with Crippen LogP contribution < -0.4 is 0 Å². The number of pyridine rings is 1. The molecule has 0 unspecified atom stereocenters. The summed E-state index contributed by atoms with van der Waals surface area (Å²) in [5.41, 5.74) is 3.34. The van der Waals surface area contributed by atoms with E-state index in [2.05, 4.69) is 23.2 Å². The molecule has 1 aromatic carbocycles. The minimum absolute atomic E-state index is 1.02. The van der Waals surface area contributed by atoms with Gasteiger partial charge < -0.3 is 0 Å². The Bertz CT molecular complexity index is 389. The Morgan fingerprint density at radius 2 is 1.79 bits per heavy atom. The molecule has 0 aliphatic carbocycles. The number of aromatic nitrogens is 1. The van der Waals surface area contributed by atoms with Gasteiger partial charge in [0.2, 0.25) is 0 Å². The van der Waals surface area contributed by atoms with Crippen molar-refractivity contribution < 1.29 is 0 Å². The van der Waals surface area contributed by atoms with Crippen LogP contribution in [0.3, 0.4) is 0 Å². The first-order chi connectivity index (χ1) is 6.90. The topological polar surface area (TPSA) is 12.9 Å². The van der Waals surface area contributed by atoms with Crippen molar-refractivity contribution in [3.8, 4) is 11.3 Å². The van der Waals surface area contributed by atoms with Crippen molar-refractivity contribution in [3.63, 3.8) is 0 Å². The van der Waals surface area contributed by atoms with Gasteiger partial charge in [0.1, 0.15) is 0 Å². The molecule has 69 valence electrons. The molecule has 0 amide bonds. The zero-order valence-electron chi connectivity index (χ0n) is 8.14. The first-order valence-corrected chi connectivity index (χ1v) is 4.71. The molecular weight excluding hydrogens is 170 g/mol. The average molecular weight is 182 g/mol. The van der Waals surface area contributed by atoms with Crippen LogP contribution in [0.5, 0.6) is 0 Å². The number of hydrogen-bond donors (Lipinski definition) is 0. The smallest absolute Gasteiger partial charge is 0.0702 e. The third-order valence-corrected chi connectivity index (χ3v) is 2.19. The predicted molar refractivity (Wildman–Crippen MR) is 58.7 cm³/mol. The fraction of sp³-hybridized carbons (Fsp3) is 0.0769. The second kappa shape index (κ2) is 4.05. The molecule has 14 heavy (non-hydrogen) atoms. The monoisotopic (exact) mass is 182 g/mol. The summed E-state index contributed by atoms with van der Waals surface area (Å²) in [6.07, 6.45) is 3.93. The van der Waals surface area contributed by atoms with Gasteiger partial charge in [0.05, 0.1) is 5.69 Å². The van der Waals surface area contributed by atoms with Gasteiger partial charge in [0.15, 0.2) is 0 Å². The molecule has 0 aliphatic rings. The van der Waals surface area contributed by atoms with Gasteiger partial charge in [-0.25, -0.2) is 0 Å². The number of rotatable bonds is 2. The summed E-state index contributed by atoms with van der Waals surface area (Å²) in [4.78, 5) is 4.39. The van der Waals surface area contributed by atoms with E-state index in [9.17, 15) is 0 Å². The van der Waals surface area contributed by atoms with Crippen LogP contribution in [-0.2, 0) is 0 Å². The number of benzene rings is 1. The molecule has 0 atom stereocenters. The number of hydrogen-bond acceptors (Lipinski definition) is 1. The van der Waals surface area contributed by atoms with Crippen LogP contribution in [0.2, 0.25) is 0 Å². The van der Waals surface area contributed by atoms with Gasteiger partial charge in [-0.05, 0) is 18.1 Å². The summed E-state index contributed by atoms with van der Waals surface area (Å²) in [5.74, 6) is 0. The summed E-state index contributed by atoms with van der Waals surface area (Å²) in [6, 6.07) is 14.3. The van der Waals surface area contributed by atoms with Gasteiger partial charge in [0, 0.05) is 11.8 Å². The summed E-state index contributed by atoms with van der Waals surface area (Å²) in [5, 5.41) is 0. The second-order valence-corrected chi connectivity index (χ2v) is 3.13. The lowest BCUT2D eigenvalue weighted by atomic mass is 10.1. The predicted octanol–water partition coefficient (Wildman–Crippen LogP) is 3.32. The van der Waals surface area contributed by atoms with Crippen LogP contribution in [0.1, 0.15) is 12.5 Å². The normalized spacial score (nSPS) is 10.1. The molecule has 1 heterocycles. The highest BCUT2D eigenvalue weighted by molar-refractivity contribution is 5.58. The molecular formula is C13H12N. The first-order valence-electron chi connectivity index (χ1n) is 4.71. The third-order valence-electron chi connectivity index (χ3n) is 2.19. The molecule has 1 aromatic heterocycles. The van der Waals surface area contributed by atoms with E-state index < -0.39 is 0 Å². The van der Waals surface area contributed by atoms with E-state index in [0.29, 0.717) is 0 Å². The Morgan fingerprint density at radius 3 is 2.36 bits per heavy atom. The quantitative estimate of drug-likeness (QED) is 0.694. The SMILES string of the molecule is C[CH]c1ccc(-c2ccccc2)nc1. The molecule has 0 aliphatic heterocycles. The lowest BCUT2D eigenvalue weighted by molar-refractivity contribution is 1.27. The molecule has 1 heteroatoms. The van der Waals surface area contributed by atoms with E-state index in [1.807, 2.05) is 43.8 Å². The van der Waals surface area contributed by atoms with Crippen molar-refractivity contribution >= 4 is 0 Å². The highest BCUT2D eigenvalue weighted by Gasteiger charge is 1.96. The van der Waals surface area contributed by atoms with Crippen molar-refractivity contribution in [2.24, 2.45) is 0 Å². The molecule has 0 fully saturated rings. The Hall–Kier alpha value is -1.63. The van der Waals surface area contributed by atoms with Crippen molar-refractivity contribution in [3.05, 3.63) is 60.6 Å². The van der Waals surface area contributed by atoms with Crippen LogP contribution in [0, 0.1) is 6.42 Å². The van der Waals surface area contributed by atoms with Crippen molar-refractivity contribution in [2.75, 3.05) is 0 Å². The second-order valence-electron chi connectivity index (χ2n) is 3.13. The molecule has 2 rings (SSSR count). The van der Waals surface area contributed by atoms with Crippen molar-refractivity contribution in [1.82, 2.24) is 4.98 Å². The Morgan fingerprint density at radius 1 is 1.00 bits per heavy atom. The van der Waals surface area contributed by atoms with E-state index in [1.54, 1.807) is 0 Å². The molecule has 1 nitrogen and oxygen atoms in total. The zero-order chi connectivity index (χ0) is 9.80. The standard InChI is InChI=1S/C13H12N/c1-2-11-8-9-13(14-10-11)12-6-4-3-5-7-12/h2-10H,1H3. The molecule has 0 N–H and O–H groups in total. The van der Waals surface area contributed by atoms with E-state index in [1.165, 1.54) is 0 Å². The van der Waals surface area contributed by atoms with E-state index in [4.69, 9.17) is 0 Å². The van der Waals surface area contributed by atoms with Crippen LogP contribution >= 0.6 is 0 Å². The minimum atomic E-state index is 1.02. The fourth-order valence-electron chi connectivity index (χ4n) is 1.36. The average Bonchev–Trinajstić information content (AvgIpc) is 2.30. The van der Waals surface area contributed by atoms with Gasteiger partial charge in [-0.15, -0.1) is 0 Å². The minimum Gasteiger partial charge on any atom is -0.256 e. The van der Waals surface area contributed by atoms with E-state index in [-0.39, 0.29) is 0 Å². The van der Waals surface area contributed by atoms with E-state index in [0.717, 1.165) is 16.8 Å². The Balaban J connectivity index is 2.34. The van der Waals surface area contributed by atoms with Crippen LogP contribution in [-0.4, -0.2) is 4.98 Å². The van der Waals surface area contributed by atoms with Crippen LogP contribution in [0.4, 0.5) is 0 Å². The maximum atomic E-state index is 4.39. The summed E-state index contributed by atoms with van der Waals surface area (Å²) < 4.78 is 0. The van der Waals surface area contributed by atoms with Gasteiger partial charge in [0.25, 0.3) is 0 Å². The fourth-order valence-corrected chi connectivity index (χ4v) is 1.36. The molecule has 0 bridgehead atoms. The first kappa shape index (κ1) is 8.95. The summed E-state index contributed by atoms with van der Waals surface area (Å²) in [6.45, 7) is 2.01. The van der Waals surface area contributed by atoms with Gasteiger partial charge in [-0.1, -0.05) is 43.3 Å². The molecule has 1 radical (unpaired) electrons. The largest absolute Gasteiger partial charge is 0.256 e. The maximum Gasteiger partial charge on any atom is 0.0702 e. The van der Waals surface area contributed by atoms with Crippen molar-refractivity contribution in [1.29, 1.82) is 0 Å². The third kappa shape index (κ3) is 1.82. The molecule has 2 aromatic rings. The van der Waals surface area contributed by atoms with Gasteiger partial charge in [-0.3, -0.25) is 4.98 Å². The number of nitrogens with zero attached hydrogens (tertiary/aromatic N) is 1. The highest BCUT2D eigenvalue weighted by atomic mass is 14.7. The maximum absolute atomic E-state index is 4.39. The molecule has 0 saturated heterocycles. The van der Waals surface area contributed by atoms with Crippen LogP contribution in [0.15, 0.2) is 48.7 Å². The van der Waals surface area contributed by atoms with E-state index >= 15 is 0 Å². The summed E-state index contributed by atoms with van der Waals surface area (Å²) in [7, 11) is 0. The highest BCUT2D eigenvalue weighted by Crippen LogP contribution is 2.16. The zero-order valence-corrected chi connectivity index (χ0v) is 8.14. The Kier molecular flexibility index (Phi) is 2.59. The lowest BCUT2D eigenvalue weighted by Crippen LogP contribution is -1.84.